The number of nitrogens with zero attached hydrogens (tertiary/aromatic N) is 1. The minimum Gasteiger partial charge on any atom is -0.466 e. The molecule has 0 aromatic carbocycles. The number of rotatable bonds is 5. The van der Waals surface area contributed by atoms with Gasteiger partial charge in [-0.15, -0.1) is 0 Å². The van der Waals surface area contributed by atoms with Gasteiger partial charge in [0.25, 0.3) is 0 Å². The van der Waals surface area contributed by atoms with Gasteiger partial charge in [-0.3, -0.25) is 9.89 Å². The van der Waals surface area contributed by atoms with Crippen molar-refractivity contribution >= 4 is 5.97 Å². The van der Waals surface area contributed by atoms with Gasteiger partial charge in [0.05, 0.1) is 18.2 Å². The topological polar surface area (TPSA) is 67.0 Å². The Labute approximate surface area is 114 Å². The Kier molecular flexibility index (Phi) is 4.96. The van der Waals surface area contributed by atoms with Crippen molar-refractivity contribution in [2.75, 3.05) is 6.61 Å². The van der Waals surface area contributed by atoms with E-state index in [0.717, 1.165) is 31.4 Å². The largest absolute Gasteiger partial charge is 0.466 e. The lowest BCUT2D eigenvalue weighted by Crippen LogP contribution is -2.36. The van der Waals surface area contributed by atoms with Crippen LogP contribution in [0.5, 0.6) is 0 Å². The number of hydrogen-bond donors (Lipinski definition) is 2. The van der Waals surface area contributed by atoms with E-state index < -0.39 is 0 Å². The Morgan fingerprint density at radius 1 is 1.53 bits per heavy atom. The van der Waals surface area contributed by atoms with Crippen LogP contribution in [0.1, 0.15) is 51.3 Å². The quantitative estimate of drug-likeness (QED) is 0.801. The van der Waals surface area contributed by atoms with Crippen molar-refractivity contribution in [3.05, 3.63) is 18.0 Å². The predicted octanol–water partition coefficient (Wildman–Crippen LogP) is 2.18. The minimum absolute atomic E-state index is 0.0254. The third-order valence-corrected chi connectivity index (χ3v) is 3.82. The highest BCUT2D eigenvalue weighted by molar-refractivity contribution is 5.72. The smallest absolute Gasteiger partial charge is 0.308 e. The summed E-state index contributed by atoms with van der Waals surface area (Å²) in [5.41, 5.74) is 1.10. The van der Waals surface area contributed by atoms with Gasteiger partial charge in [-0.1, -0.05) is 0 Å². The van der Waals surface area contributed by atoms with E-state index in [1.165, 1.54) is 0 Å². The average molecular weight is 265 g/mol. The lowest BCUT2D eigenvalue weighted by Gasteiger charge is -2.29. The number of carbonyl (C=O) groups excluding carboxylic acids is 1. The zero-order valence-corrected chi connectivity index (χ0v) is 11.7. The minimum atomic E-state index is -0.0254. The zero-order valence-electron chi connectivity index (χ0n) is 11.7. The Hall–Kier alpha value is -1.36. The average Bonchev–Trinajstić information content (AvgIpc) is 2.94. The number of esters is 1. The summed E-state index contributed by atoms with van der Waals surface area (Å²) in [5, 5.41) is 10.5. The van der Waals surface area contributed by atoms with E-state index in [-0.39, 0.29) is 17.9 Å². The Balaban J connectivity index is 1.76. The van der Waals surface area contributed by atoms with E-state index >= 15 is 0 Å². The van der Waals surface area contributed by atoms with Crippen molar-refractivity contribution in [3.8, 4) is 0 Å². The Bertz CT molecular complexity index is 383. The maximum atomic E-state index is 11.7. The summed E-state index contributed by atoms with van der Waals surface area (Å²) in [6.07, 6.45) is 5.67. The van der Waals surface area contributed by atoms with Crippen LogP contribution >= 0.6 is 0 Å². The first-order valence-electron chi connectivity index (χ1n) is 7.12. The van der Waals surface area contributed by atoms with E-state index in [2.05, 4.69) is 22.4 Å². The molecule has 0 bridgehead atoms. The van der Waals surface area contributed by atoms with Gasteiger partial charge in [0.2, 0.25) is 0 Å². The molecule has 1 aliphatic rings. The molecule has 1 aromatic rings. The predicted molar refractivity (Wildman–Crippen MR) is 72.5 cm³/mol. The molecule has 0 saturated heterocycles. The van der Waals surface area contributed by atoms with Crippen molar-refractivity contribution in [2.45, 2.75) is 51.6 Å². The van der Waals surface area contributed by atoms with Crippen LogP contribution in [0.25, 0.3) is 0 Å². The fourth-order valence-electron chi connectivity index (χ4n) is 2.71. The highest BCUT2D eigenvalue weighted by Gasteiger charge is 2.27. The first-order chi connectivity index (χ1) is 9.20. The van der Waals surface area contributed by atoms with E-state index in [9.17, 15) is 4.79 Å². The number of hydrogen-bond acceptors (Lipinski definition) is 4. The summed E-state index contributed by atoms with van der Waals surface area (Å²) in [6, 6.07) is 2.73. The molecule has 1 fully saturated rings. The lowest BCUT2D eigenvalue weighted by atomic mass is 9.85. The fraction of sp³-hybridized carbons (Fsp3) is 0.714. The second-order valence-electron chi connectivity index (χ2n) is 5.20. The molecule has 0 amide bonds. The number of H-pyrrole nitrogens is 1. The molecule has 5 heteroatoms. The standard InChI is InChI=1S/C14H23N3O2/c1-3-19-14(18)11-4-6-12(7-5-11)16-10(2)13-8-9-15-17-13/h8-12,16H,3-7H2,1-2H3,(H,15,17). The van der Waals surface area contributed by atoms with Crippen LogP contribution in [0.3, 0.4) is 0 Å². The number of carbonyl (C=O) groups is 1. The molecule has 19 heavy (non-hydrogen) atoms. The molecule has 2 rings (SSSR count). The highest BCUT2D eigenvalue weighted by atomic mass is 16.5. The molecule has 1 unspecified atom stereocenters. The molecule has 1 aromatic heterocycles. The van der Waals surface area contributed by atoms with E-state index in [1.807, 2.05) is 13.0 Å². The van der Waals surface area contributed by atoms with E-state index in [1.54, 1.807) is 6.20 Å². The number of aromatic amines is 1. The molecule has 0 aliphatic heterocycles. The molecule has 1 heterocycles. The molecule has 0 spiro atoms. The van der Waals surface area contributed by atoms with Crippen LogP contribution in [-0.4, -0.2) is 28.8 Å². The summed E-state index contributed by atoms with van der Waals surface area (Å²) in [4.78, 5) is 11.7. The molecular weight excluding hydrogens is 242 g/mol. The second-order valence-corrected chi connectivity index (χ2v) is 5.20. The normalized spacial score (nSPS) is 24.9. The van der Waals surface area contributed by atoms with E-state index in [4.69, 9.17) is 4.74 Å². The highest BCUT2D eigenvalue weighted by Crippen LogP contribution is 2.26. The zero-order chi connectivity index (χ0) is 13.7. The maximum Gasteiger partial charge on any atom is 0.308 e. The van der Waals surface area contributed by atoms with Gasteiger partial charge in [0.1, 0.15) is 0 Å². The van der Waals surface area contributed by atoms with Crippen LogP contribution in [0.15, 0.2) is 12.3 Å². The van der Waals surface area contributed by atoms with Crippen molar-refractivity contribution in [3.63, 3.8) is 0 Å². The maximum absolute atomic E-state index is 11.7. The van der Waals surface area contributed by atoms with Crippen molar-refractivity contribution in [1.82, 2.24) is 15.5 Å². The monoisotopic (exact) mass is 265 g/mol. The molecule has 1 atom stereocenters. The molecular formula is C14H23N3O2. The molecule has 1 aliphatic carbocycles. The van der Waals surface area contributed by atoms with Crippen molar-refractivity contribution in [2.24, 2.45) is 5.92 Å². The van der Waals surface area contributed by atoms with Crippen molar-refractivity contribution in [1.29, 1.82) is 0 Å². The summed E-state index contributed by atoms with van der Waals surface area (Å²) < 4.78 is 5.08. The Morgan fingerprint density at radius 2 is 2.26 bits per heavy atom. The van der Waals surface area contributed by atoms with E-state index in [0.29, 0.717) is 12.6 Å². The van der Waals surface area contributed by atoms with Crippen LogP contribution in [0.4, 0.5) is 0 Å². The summed E-state index contributed by atoms with van der Waals surface area (Å²) in [5.74, 6) is 0.0722. The Morgan fingerprint density at radius 3 is 2.84 bits per heavy atom. The van der Waals surface area contributed by atoms with Gasteiger partial charge in [0.15, 0.2) is 0 Å². The summed E-state index contributed by atoms with van der Waals surface area (Å²) >= 11 is 0. The summed E-state index contributed by atoms with van der Waals surface area (Å²) in [7, 11) is 0. The van der Waals surface area contributed by atoms with Crippen LogP contribution < -0.4 is 5.32 Å². The van der Waals surface area contributed by atoms with Crippen LogP contribution in [-0.2, 0) is 9.53 Å². The van der Waals surface area contributed by atoms with Gasteiger partial charge in [0, 0.05) is 18.3 Å². The fourth-order valence-corrected chi connectivity index (χ4v) is 2.71. The van der Waals surface area contributed by atoms with Gasteiger partial charge in [-0.2, -0.15) is 5.10 Å². The first kappa shape index (κ1) is 14.1. The third kappa shape index (κ3) is 3.80. The first-order valence-corrected chi connectivity index (χ1v) is 7.12. The van der Waals surface area contributed by atoms with Crippen LogP contribution in [0, 0.1) is 5.92 Å². The van der Waals surface area contributed by atoms with Gasteiger partial charge >= 0.3 is 5.97 Å². The number of nitrogens with one attached hydrogen (secondary N) is 2. The summed E-state index contributed by atoms with van der Waals surface area (Å²) in [6.45, 7) is 4.47. The number of ether oxygens (including phenoxy) is 1. The van der Waals surface area contributed by atoms with Gasteiger partial charge < -0.3 is 10.1 Å². The SMILES string of the molecule is CCOC(=O)C1CCC(NC(C)c2ccn[nH]2)CC1. The molecule has 106 valence electrons. The van der Waals surface area contributed by atoms with Crippen LogP contribution in [0.2, 0.25) is 0 Å². The van der Waals surface area contributed by atoms with Gasteiger partial charge in [-0.05, 0) is 45.6 Å². The third-order valence-electron chi connectivity index (χ3n) is 3.82. The molecule has 5 nitrogen and oxygen atoms in total. The molecule has 0 radical (unpaired) electrons. The lowest BCUT2D eigenvalue weighted by molar-refractivity contribution is -0.149. The number of aromatic nitrogens is 2. The molecule has 1 saturated carbocycles. The second kappa shape index (κ2) is 6.70. The van der Waals surface area contributed by atoms with Gasteiger partial charge in [-0.25, -0.2) is 0 Å². The molecule has 2 N–H and O–H groups in total. The van der Waals surface area contributed by atoms with Crippen molar-refractivity contribution < 1.29 is 9.53 Å².